The lowest BCUT2D eigenvalue weighted by Crippen LogP contribution is -2.39. The molecule has 4 rings (SSSR count). The molecule has 0 saturated carbocycles. The fraction of sp³-hybridized carbons (Fsp3) is 0.600. The first-order valence-electron chi connectivity index (χ1n) is 9.94. The van der Waals surface area contributed by atoms with Crippen molar-refractivity contribution in [1.29, 1.82) is 0 Å². The smallest absolute Gasteiger partial charge is 0.310 e. The van der Waals surface area contributed by atoms with Gasteiger partial charge in [0.05, 0.1) is 17.8 Å². The van der Waals surface area contributed by atoms with Crippen molar-refractivity contribution in [1.82, 2.24) is 25.0 Å². The summed E-state index contributed by atoms with van der Waals surface area (Å²) < 4.78 is 10.7. The summed E-state index contributed by atoms with van der Waals surface area (Å²) in [4.78, 5) is 39.3. The van der Waals surface area contributed by atoms with Crippen molar-refractivity contribution in [2.45, 2.75) is 58.0 Å². The van der Waals surface area contributed by atoms with E-state index in [-0.39, 0.29) is 30.1 Å². The topological polar surface area (TPSA) is 111 Å². The van der Waals surface area contributed by atoms with E-state index in [2.05, 4.69) is 20.1 Å². The van der Waals surface area contributed by atoms with Gasteiger partial charge >= 0.3 is 5.97 Å². The minimum atomic E-state index is -0.479. The number of aryl methyl sites for hydroxylation is 1. The summed E-state index contributed by atoms with van der Waals surface area (Å²) in [7, 11) is 0. The van der Waals surface area contributed by atoms with E-state index < -0.39 is 5.60 Å². The Morgan fingerprint density at radius 3 is 2.62 bits per heavy atom. The molecule has 0 bridgehead atoms. The fourth-order valence-corrected chi connectivity index (χ4v) is 3.96. The van der Waals surface area contributed by atoms with Crippen molar-refractivity contribution in [3.05, 3.63) is 23.9 Å². The Kier molecular flexibility index (Phi) is 5.06. The number of carbonyl (C=O) groups excluding carboxylic acids is 2. The SMILES string of the molecule is Cc1cnc(-c2nc(C3CCN(C(=O)C[C@H]4CC(C)(C)OC4=O)CC3)no2)cn1. The molecule has 29 heavy (non-hydrogen) atoms. The van der Waals surface area contributed by atoms with E-state index in [0.29, 0.717) is 36.9 Å². The van der Waals surface area contributed by atoms with E-state index in [1.165, 1.54) is 0 Å². The average molecular weight is 399 g/mol. The number of aromatic nitrogens is 4. The highest BCUT2D eigenvalue weighted by Crippen LogP contribution is 2.33. The van der Waals surface area contributed by atoms with Crippen LogP contribution in [0.1, 0.15) is 57.0 Å². The molecule has 1 atom stereocenters. The average Bonchev–Trinajstić information content (AvgIpc) is 3.27. The molecular weight excluding hydrogens is 374 g/mol. The first-order chi connectivity index (χ1) is 13.8. The molecular formula is C20H25N5O4. The summed E-state index contributed by atoms with van der Waals surface area (Å²) in [6.07, 6.45) is 5.58. The molecule has 2 saturated heterocycles. The molecule has 2 aliphatic heterocycles. The first-order valence-corrected chi connectivity index (χ1v) is 9.94. The van der Waals surface area contributed by atoms with Gasteiger partial charge in [-0.25, -0.2) is 4.98 Å². The van der Waals surface area contributed by atoms with E-state index in [1.807, 2.05) is 25.7 Å². The van der Waals surface area contributed by atoms with Crippen molar-refractivity contribution >= 4 is 11.9 Å². The van der Waals surface area contributed by atoms with Gasteiger partial charge in [-0.1, -0.05) is 5.16 Å². The largest absolute Gasteiger partial charge is 0.459 e. The summed E-state index contributed by atoms with van der Waals surface area (Å²) in [5.41, 5.74) is 0.890. The Balaban J connectivity index is 1.32. The second-order valence-corrected chi connectivity index (χ2v) is 8.44. The van der Waals surface area contributed by atoms with Crippen LogP contribution in [0, 0.1) is 12.8 Å². The van der Waals surface area contributed by atoms with Crippen LogP contribution in [-0.2, 0) is 14.3 Å². The number of esters is 1. The Morgan fingerprint density at radius 1 is 1.24 bits per heavy atom. The predicted molar refractivity (Wildman–Crippen MR) is 102 cm³/mol. The lowest BCUT2D eigenvalue weighted by atomic mass is 9.92. The number of nitrogens with zero attached hydrogens (tertiary/aromatic N) is 5. The van der Waals surface area contributed by atoms with E-state index in [0.717, 1.165) is 18.5 Å². The van der Waals surface area contributed by atoms with Crippen LogP contribution in [0.15, 0.2) is 16.9 Å². The molecule has 4 heterocycles. The predicted octanol–water partition coefficient (Wildman–Crippen LogP) is 2.27. The number of rotatable bonds is 4. The van der Waals surface area contributed by atoms with Gasteiger partial charge in [-0.2, -0.15) is 4.98 Å². The minimum Gasteiger partial charge on any atom is -0.459 e. The van der Waals surface area contributed by atoms with Crippen LogP contribution in [0.25, 0.3) is 11.6 Å². The number of hydrogen-bond donors (Lipinski definition) is 0. The normalized spacial score (nSPS) is 22.0. The first kappa shape index (κ1) is 19.5. The van der Waals surface area contributed by atoms with Gasteiger partial charge in [-0.15, -0.1) is 0 Å². The lowest BCUT2D eigenvalue weighted by molar-refractivity contribution is -0.150. The Hall–Kier alpha value is -2.84. The van der Waals surface area contributed by atoms with E-state index in [4.69, 9.17) is 9.26 Å². The molecule has 0 N–H and O–H groups in total. The van der Waals surface area contributed by atoms with Crippen LogP contribution in [0.3, 0.4) is 0 Å². The van der Waals surface area contributed by atoms with Crippen molar-refractivity contribution in [3.63, 3.8) is 0 Å². The maximum Gasteiger partial charge on any atom is 0.310 e. The molecule has 9 heteroatoms. The summed E-state index contributed by atoms with van der Waals surface area (Å²) in [5, 5.41) is 4.10. The molecule has 2 fully saturated rings. The van der Waals surface area contributed by atoms with Crippen LogP contribution < -0.4 is 0 Å². The molecule has 0 unspecified atom stereocenters. The third-order valence-corrected chi connectivity index (χ3v) is 5.52. The summed E-state index contributed by atoms with van der Waals surface area (Å²) in [6.45, 7) is 6.85. The van der Waals surface area contributed by atoms with E-state index in [9.17, 15) is 9.59 Å². The third kappa shape index (κ3) is 4.28. The lowest BCUT2D eigenvalue weighted by Gasteiger charge is -2.31. The van der Waals surface area contributed by atoms with Crippen LogP contribution in [0.2, 0.25) is 0 Å². The number of piperidine rings is 1. The zero-order valence-electron chi connectivity index (χ0n) is 16.9. The van der Waals surface area contributed by atoms with Gasteiger partial charge in [0.2, 0.25) is 5.91 Å². The Bertz CT molecular complexity index is 900. The van der Waals surface area contributed by atoms with Crippen molar-refractivity contribution in [2.24, 2.45) is 5.92 Å². The van der Waals surface area contributed by atoms with Crippen LogP contribution in [0.4, 0.5) is 0 Å². The number of likely N-dealkylation sites (tertiary alicyclic amines) is 1. The highest BCUT2D eigenvalue weighted by molar-refractivity contribution is 5.84. The molecule has 154 valence electrons. The van der Waals surface area contributed by atoms with Crippen LogP contribution >= 0.6 is 0 Å². The molecule has 0 aromatic carbocycles. The monoisotopic (exact) mass is 399 g/mol. The third-order valence-electron chi connectivity index (χ3n) is 5.52. The van der Waals surface area contributed by atoms with Crippen LogP contribution in [0.5, 0.6) is 0 Å². The standard InChI is InChI=1S/C20H25N5O4/c1-12-10-22-15(11-21-12)18-23-17(24-29-18)13-4-6-25(7-5-13)16(26)8-14-9-20(2,3)28-19(14)27/h10-11,13-14H,4-9H2,1-3H3/t14-/m0/s1. The van der Waals surface area contributed by atoms with Crippen molar-refractivity contribution in [3.8, 4) is 11.6 Å². The number of cyclic esters (lactones) is 1. The van der Waals surface area contributed by atoms with Gasteiger partial charge < -0.3 is 14.2 Å². The van der Waals surface area contributed by atoms with Gasteiger partial charge in [0.25, 0.3) is 5.89 Å². The quantitative estimate of drug-likeness (QED) is 0.720. The molecule has 0 aliphatic carbocycles. The second-order valence-electron chi connectivity index (χ2n) is 8.44. The molecule has 2 aromatic heterocycles. The zero-order chi connectivity index (χ0) is 20.6. The number of amides is 1. The highest BCUT2D eigenvalue weighted by Gasteiger charge is 2.41. The summed E-state index contributed by atoms with van der Waals surface area (Å²) in [5.74, 6) is 0.517. The molecule has 0 radical (unpaired) electrons. The maximum absolute atomic E-state index is 12.6. The van der Waals surface area contributed by atoms with Crippen molar-refractivity contribution in [2.75, 3.05) is 13.1 Å². The number of carbonyl (C=O) groups is 2. The Labute approximate surface area is 168 Å². The molecule has 9 nitrogen and oxygen atoms in total. The Morgan fingerprint density at radius 2 is 2.00 bits per heavy atom. The molecule has 2 aliphatic rings. The summed E-state index contributed by atoms with van der Waals surface area (Å²) in [6, 6.07) is 0. The van der Waals surface area contributed by atoms with Gasteiger partial charge in [0.1, 0.15) is 11.3 Å². The van der Waals surface area contributed by atoms with E-state index >= 15 is 0 Å². The van der Waals surface area contributed by atoms with E-state index in [1.54, 1.807) is 12.4 Å². The van der Waals surface area contributed by atoms with Crippen molar-refractivity contribution < 1.29 is 18.8 Å². The number of ether oxygens (including phenoxy) is 1. The molecule has 2 aromatic rings. The summed E-state index contributed by atoms with van der Waals surface area (Å²) >= 11 is 0. The van der Waals surface area contributed by atoms with Gasteiger partial charge in [0.15, 0.2) is 5.82 Å². The minimum absolute atomic E-state index is 0.00632. The maximum atomic E-state index is 12.6. The second kappa shape index (κ2) is 7.53. The van der Waals surface area contributed by atoms with Crippen LogP contribution in [-0.4, -0.2) is 55.6 Å². The zero-order valence-corrected chi connectivity index (χ0v) is 16.9. The van der Waals surface area contributed by atoms with Gasteiger partial charge in [-0.3, -0.25) is 14.6 Å². The fourth-order valence-electron chi connectivity index (χ4n) is 3.96. The molecule has 0 spiro atoms. The van der Waals surface area contributed by atoms with Gasteiger partial charge in [-0.05, 0) is 33.6 Å². The number of hydrogen-bond acceptors (Lipinski definition) is 8. The molecule has 1 amide bonds. The van der Waals surface area contributed by atoms with Gasteiger partial charge in [0, 0.05) is 38.0 Å². The highest BCUT2D eigenvalue weighted by atomic mass is 16.6.